The van der Waals surface area contributed by atoms with Crippen molar-refractivity contribution >= 4 is 17.7 Å². The molecule has 1 N–H and O–H groups in total. The molecule has 0 bridgehead atoms. The molecule has 0 radical (unpaired) electrons. The average molecular weight is 331 g/mol. The third-order valence-electron chi connectivity index (χ3n) is 3.17. The summed E-state index contributed by atoms with van der Waals surface area (Å²) in [5, 5.41) is 7.22. The van der Waals surface area contributed by atoms with Crippen molar-refractivity contribution in [2.24, 2.45) is 0 Å². The van der Waals surface area contributed by atoms with Crippen LogP contribution in [0.15, 0.2) is 52.2 Å². The van der Waals surface area contributed by atoms with Crippen molar-refractivity contribution in [1.29, 1.82) is 0 Å². The normalized spacial score (nSPS) is 11.9. The first-order valence-electron chi connectivity index (χ1n) is 7.68. The van der Waals surface area contributed by atoms with Crippen molar-refractivity contribution in [1.82, 2.24) is 15.1 Å². The fraction of sp³-hybridized carbons (Fsp3) is 0.353. The number of nitrogens with one attached hydrogen (secondary N) is 1. The van der Waals surface area contributed by atoms with Crippen molar-refractivity contribution in [3.05, 3.63) is 58.5 Å². The molecule has 1 aromatic heterocycles. The highest BCUT2D eigenvalue weighted by atomic mass is 32.2. The summed E-state index contributed by atoms with van der Waals surface area (Å²) in [6, 6.07) is 12.9. The van der Waals surface area contributed by atoms with Gasteiger partial charge in [0, 0.05) is 29.3 Å². The topological polar surface area (TPSA) is 64.0 Å². The van der Waals surface area contributed by atoms with E-state index in [1.165, 1.54) is 21.7 Å². The van der Waals surface area contributed by atoms with Crippen molar-refractivity contribution in [2.45, 2.75) is 37.0 Å². The molecule has 1 aromatic carbocycles. The lowest BCUT2D eigenvalue weighted by atomic mass is 10.3. The van der Waals surface area contributed by atoms with Gasteiger partial charge in [0.2, 0.25) is 0 Å². The molecule has 23 heavy (non-hydrogen) atoms. The number of rotatable bonds is 7. The van der Waals surface area contributed by atoms with Crippen LogP contribution >= 0.6 is 11.8 Å². The van der Waals surface area contributed by atoms with Gasteiger partial charge in [0.25, 0.3) is 11.5 Å². The predicted octanol–water partition coefficient (Wildman–Crippen LogP) is 2.56. The Morgan fingerprint density at radius 3 is 2.70 bits per heavy atom. The number of aryl methyl sites for hydroxylation is 1. The lowest BCUT2D eigenvalue weighted by Gasteiger charge is -2.12. The van der Waals surface area contributed by atoms with Crippen LogP contribution in [-0.2, 0) is 6.54 Å². The maximum atomic E-state index is 12.2. The van der Waals surface area contributed by atoms with Gasteiger partial charge in [0.1, 0.15) is 5.69 Å². The quantitative estimate of drug-likeness (QED) is 0.792. The van der Waals surface area contributed by atoms with E-state index in [0.717, 1.165) is 6.42 Å². The lowest BCUT2D eigenvalue weighted by Crippen LogP contribution is -2.32. The second-order valence-corrected chi connectivity index (χ2v) is 6.74. The highest BCUT2D eigenvalue weighted by Crippen LogP contribution is 2.21. The van der Waals surface area contributed by atoms with Gasteiger partial charge in [-0.1, -0.05) is 32.0 Å². The smallest absolute Gasteiger partial charge is 0.271 e. The first-order chi connectivity index (χ1) is 11.1. The van der Waals surface area contributed by atoms with Gasteiger partial charge in [-0.05, 0) is 24.6 Å². The van der Waals surface area contributed by atoms with Gasteiger partial charge >= 0.3 is 0 Å². The van der Waals surface area contributed by atoms with Gasteiger partial charge in [-0.15, -0.1) is 11.8 Å². The first kappa shape index (κ1) is 17.3. The third-order valence-corrected chi connectivity index (χ3v) is 4.28. The summed E-state index contributed by atoms with van der Waals surface area (Å²) in [7, 11) is 0. The van der Waals surface area contributed by atoms with E-state index in [9.17, 15) is 9.59 Å². The summed E-state index contributed by atoms with van der Waals surface area (Å²) in [6.45, 7) is 5.07. The fourth-order valence-electron chi connectivity index (χ4n) is 2.04. The third kappa shape index (κ3) is 5.25. The molecule has 6 heteroatoms. The van der Waals surface area contributed by atoms with E-state index in [2.05, 4.69) is 17.3 Å². The number of aromatic nitrogens is 2. The van der Waals surface area contributed by atoms with E-state index in [1.807, 2.05) is 37.3 Å². The SMILES string of the molecule is CCCn1nc(C(=O)NC[C@H](C)Sc2ccccc2)ccc1=O. The Hall–Kier alpha value is -2.08. The summed E-state index contributed by atoms with van der Waals surface area (Å²) < 4.78 is 1.33. The van der Waals surface area contributed by atoms with Crippen molar-refractivity contribution in [2.75, 3.05) is 6.54 Å². The summed E-state index contributed by atoms with van der Waals surface area (Å²) in [5.41, 5.74) is 0.0892. The molecule has 0 aliphatic heterocycles. The highest BCUT2D eigenvalue weighted by Gasteiger charge is 2.11. The Bertz CT molecular complexity index is 700. The van der Waals surface area contributed by atoms with Gasteiger partial charge < -0.3 is 5.32 Å². The molecule has 0 fully saturated rings. The molecular formula is C17H21N3O2S. The zero-order chi connectivity index (χ0) is 16.7. The van der Waals surface area contributed by atoms with Crippen LogP contribution in [0.1, 0.15) is 30.8 Å². The standard InChI is InChI=1S/C17H21N3O2S/c1-3-11-20-16(21)10-9-15(19-20)17(22)18-12-13(2)23-14-7-5-4-6-8-14/h4-10,13H,3,11-12H2,1-2H3,(H,18,22)/t13-/m0/s1. The van der Waals surface area contributed by atoms with Crippen molar-refractivity contribution in [3.8, 4) is 0 Å². The van der Waals surface area contributed by atoms with Crippen LogP contribution in [0.2, 0.25) is 0 Å². The Morgan fingerprint density at radius 1 is 1.26 bits per heavy atom. The Balaban J connectivity index is 1.91. The molecule has 1 atom stereocenters. The second kappa shape index (κ2) is 8.53. The molecule has 0 aliphatic carbocycles. The molecular weight excluding hydrogens is 310 g/mol. The minimum Gasteiger partial charge on any atom is -0.350 e. The van der Waals surface area contributed by atoms with Crippen LogP contribution in [0.25, 0.3) is 0 Å². The minimum absolute atomic E-state index is 0.184. The van der Waals surface area contributed by atoms with Gasteiger partial charge in [-0.2, -0.15) is 5.10 Å². The number of amides is 1. The van der Waals surface area contributed by atoms with Crippen LogP contribution in [0.5, 0.6) is 0 Å². The Kier molecular flexibility index (Phi) is 6.40. The molecule has 5 nitrogen and oxygen atoms in total. The van der Waals surface area contributed by atoms with Crippen LogP contribution in [0, 0.1) is 0 Å². The predicted molar refractivity (Wildman–Crippen MR) is 92.9 cm³/mol. The molecule has 0 saturated heterocycles. The van der Waals surface area contributed by atoms with Crippen LogP contribution in [-0.4, -0.2) is 27.5 Å². The largest absolute Gasteiger partial charge is 0.350 e. The van der Waals surface area contributed by atoms with Crippen molar-refractivity contribution in [3.63, 3.8) is 0 Å². The molecule has 122 valence electrons. The molecule has 1 heterocycles. The lowest BCUT2D eigenvalue weighted by molar-refractivity contribution is 0.0946. The van der Waals surface area contributed by atoms with E-state index in [1.54, 1.807) is 11.8 Å². The number of thioether (sulfide) groups is 1. The van der Waals surface area contributed by atoms with Crippen molar-refractivity contribution < 1.29 is 4.79 Å². The molecule has 2 rings (SSSR count). The molecule has 0 aliphatic rings. The number of hydrogen-bond acceptors (Lipinski definition) is 4. The molecule has 0 spiro atoms. The number of carbonyl (C=O) groups is 1. The summed E-state index contributed by atoms with van der Waals surface area (Å²) in [4.78, 5) is 25.0. The minimum atomic E-state index is -0.254. The number of carbonyl (C=O) groups excluding carboxylic acids is 1. The summed E-state index contributed by atoms with van der Waals surface area (Å²) in [6.07, 6.45) is 0.794. The van der Waals surface area contributed by atoms with Gasteiger partial charge in [0.05, 0.1) is 0 Å². The zero-order valence-corrected chi connectivity index (χ0v) is 14.2. The average Bonchev–Trinajstić information content (AvgIpc) is 2.56. The maximum Gasteiger partial charge on any atom is 0.271 e. The van der Waals surface area contributed by atoms with Crippen LogP contribution in [0.3, 0.4) is 0 Å². The number of nitrogens with zero attached hydrogens (tertiary/aromatic N) is 2. The molecule has 0 unspecified atom stereocenters. The summed E-state index contributed by atoms with van der Waals surface area (Å²) >= 11 is 1.70. The van der Waals surface area contributed by atoms with Gasteiger partial charge in [0.15, 0.2) is 0 Å². The Morgan fingerprint density at radius 2 is 2.00 bits per heavy atom. The van der Waals surface area contributed by atoms with E-state index in [4.69, 9.17) is 0 Å². The highest BCUT2D eigenvalue weighted by molar-refractivity contribution is 8.00. The molecule has 0 saturated carbocycles. The summed E-state index contributed by atoms with van der Waals surface area (Å²) in [5.74, 6) is -0.254. The number of benzene rings is 1. The zero-order valence-electron chi connectivity index (χ0n) is 13.4. The van der Waals surface area contributed by atoms with Crippen LogP contribution in [0.4, 0.5) is 0 Å². The Labute approximate surface area is 140 Å². The van der Waals surface area contributed by atoms with Crippen LogP contribution < -0.4 is 10.9 Å². The monoisotopic (exact) mass is 331 g/mol. The molecule has 1 amide bonds. The van der Waals surface area contributed by atoms with Gasteiger partial charge in [-0.3, -0.25) is 9.59 Å². The number of hydrogen-bond donors (Lipinski definition) is 1. The maximum absolute atomic E-state index is 12.2. The van der Waals surface area contributed by atoms with Gasteiger partial charge in [-0.25, -0.2) is 4.68 Å². The van der Waals surface area contributed by atoms with E-state index in [0.29, 0.717) is 13.1 Å². The van der Waals surface area contributed by atoms with E-state index >= 15 is 0 Å². The fourth-order valence-corrected chi connectivity index (χ4v) is 2.99. The van der Waals surface area contributed by atoms with E-state index in [-0.39, 0.29) is 22.4 Å². The van der Waals surface area contributed by atoms with E-state index < -0.39 is 0 Å². The molecule has 2 aromatic rings. The first-order valence-corrected chi connectivity index (χ1v) is 8.56. The second-order valence-electron chi connectivity index (χ2n) is 5.23.